The first kappa shape index (κ1) is 21.3. The van der Waals surface area contributed by atoms with Crippen LogP contribution in [0.15, 0.2) is 23.8 Å². The molecule has 0 spiro atoms. The maximum Gasteiger partial charge on any atom is 0.126 e. The van der Waals surface area contributed by atoms with Crippen LogP contribution in [0.4, 0.5) is 0 Å². The maximum absolute atomic E-state index is 8.81. The van der Waals surface area contributed by atoms with Crippen LogP contribution in [0.5, 0.6) is 11.5 Å². The van der Waals surface area contributed by atoms with E-state index in [1.54, 1.807) is 14.2 Å². The zero-order valence-electron chi connectivity index (χ0n) is 16.6. The van der Waals surface area contributed by atoms with E-state index < -0.39 is 0 Å². The highest BCUT2D eigenvalue weighted by Gasteiger charge is 2.22. The summed E-state index contributed by atoms with van der Waals surface area (Å²) >= 11 is 0. The van der Waals surface area contributed by atoms with Crippen molar-refractivity contribution in [1.29, 1.82) is 0 Å². The first-order valence-electron chi connectivity index (χ1n) is 9.43. The highest BCUT2D eigenvalue weighted by Crippen LogP contribution is 2.42. The highest BCUT2D eigenvalue weighted by atomic mass is 16.5. The van der Waals surface area contributed by atoms with E-state index in [1.165, 1.54) is 62.1 Å². The van der Waals surface area contributed by atoms with Crippen molar-refractivity contribution in [1.82, 2.24) is 0 Å². The van der Waals surface area contributed by atoms with Crippen LogP contribution >= 0.6 is 0 Å². The Morgan fingerprint density at radius 2 is 1.76 bits per heavy atom. The summed E-state index contributed by atoms with van der Waals surface area (Å²) in [4.78, 5) is 8.81. The summed E-state index contributed by atoms with van der Waals surface area (Å²) in [6.07, 6.45) is 11.6. The number of aldehydes is 1. The number of benzene rings is 1. The van der Waals surface area contributed by atoms with Crippen molar-refractivity contribution in [3.05, 3.63) is 34.9 Å². The van der Waals surface area contributed by atoms with Crippen molar-refractivity contribution >= 4 is 6.29 Å². The predicted molar refractivity (Wildman–Crippen MR) is 105 cm³/mol. The molecule has 0 amide bonds. The normalized spacial score (nSPS) is 16.4. The summed E-state index contributed by atoms with van der Waals surface area (Å²) in [6.45, 7) is 5.91. The maximum atomic E-state index is 8.81. The number of allylic oxidation sites excluding steroid dienone is 2. The number of hydrogen-bond donors (Lipinski definition) is 0. The Bertz CT molecular complexity index is 535. The van der Waals surface area contributed by atoms with Crippen LogP contribution in [0.25, 0.3) is 0 Å². The van der Waals surface area contributed by atoms with E-state index in [4.69, 9.17) is 14.3 Å². The van der Waals surface area contributed by atoms with Crippen LogP contribution in [0.3, 0.4) is 0 Å². The van der Waals surface area contributed by atoms with Gasteiger partial charge in [-0.1, -0.05) is 31.4 Å². The number of carbonyl (C=O) groups is 1. The molecule has 0 fully saturated rings. The van der Waals surface area contributed by atoms with E-state index in [-0.39, 0.29) is 0 Å². The predicted octanol–water partition coefficient (Wildman–Crippen LogP) is 5.86. The summed E-state index contributed by atoms with van der Waals surface area (Å²) in [7, 11) is 3.54. The number of methoxy groups -OCH3 is 2. The summed E-state index contributed by atoms with van der Waals surface area (Å²) in [5, 5.41) is 0. The SMILES string of the molecule is CC=O.CCCCCc1cc(OC)c(C2C=C(C)CCC2)c(OC)c1. The molecule has 0 N–H and O–H groups in total. The van der Waals surface area contributed by atoms with Crippen LogP contribution in [-0.2, 0) is 11.2 Å². The summed E-state index contributed by atoms with van der Waals surface area (Å²) in [5.74, 6) is 2.40. The molecule has 1 aliphatic rings. The number of hydrogen-bond acceptors (Lipinski definition) is 3. The van der Waals surface area contributed by atoms with E-state index in [9.17, 15) is 0 Å². The minimum Gasteiger partial charge on any atom is -0.496 e. The smallest absolute Gasteiger partial charge is 0.126 e. The molecule has 3 nitrogen and oxygen atoms in total. The molecule has 0 heterocycles. The number of unbranched alkanes of at least 4 members (excludes halogenated alkanes) is 2. The van der Waals surface area contributed by atoms with Gasteiger partial charge in [-0.3, -0.25) is 0 Å². The van der Waals surface area contributed by atoms with Gasteiger partial charge >= 0.3 is 0 Å². The van der Waals surface area contributed by atoms with Gasteiger partial charge in [-0.15, -0.1) is 0 Å². The molecule has 1 unspecified atom stereocenters. The fourth-order valence-corrected chi connectivity index (χ4v) is 3.42. The molecule has 140 valence electrons. The molecule has 3 heteroatoms. The first-order chi connectivity index (χ1) is 12.1. The Morgan fingerprint density at radius 1 is 1.16 bits per heavy atom. The monoisotopic (exact) mass is 346 g/mol. The van der Waals surface area contributed by atoms with Crippen LogP contribution in [0.2, 0.25) is 0 Å². The summed E-state index contributed by atoms with van der Waals surface area (Å²) < 4.78 is 11.4. The fourth-order valence-electron chi connectivity index (χ4n) is 3.42. The van der Waals surface area contributed by atoms with E-state index in [0.717, 1.165) is 24.2 Å². The number of rotatable bonds is 7. The Labute approximate surface area is 153 Å². The van der Waals surface area contributed by atoms with Gasteiger partial charge in [-0.2, -0.15) is 0 Å². The van der Waals surface area contributed by atoms with Gasteiger partial charge in [0.05, 0.1) is 14.2 Å². The molecule has 0 radical (unpaired) electrons. The molecular formula is C22H34O3. The van der Waals surface area contributed by atoms with Gasteiger partial charge in [0.1, 0.15) is 17.8 Å². The molecule has 0 aliphatic heterocycles. The third-order valence-corrected chi connectivity index (χ3v) is 4.62. The highest BCUT2D eigenvalue weighted by molar-refractivity contribution is 5.52. The molecule has 1 aromatic carbocycles. The van der Waals surface area contributed by atoms with Crippen LogP contribution in [0.1, 0.15) is 76.3 Å². The lowest BCUT2D eigenvalue weighted by Gasteiger charge is -2.24. The van der Waals surface area contributed by atoms with Crippen molar-refractivity contribution < 1.29 is 14.3 Å². The van der Waals surface area contributed by atoms with Crippen LogP contribution in [0, 0.1) is 0 Å². The lowest BCUT2D eigenvalue weighted by Crippen LogP contribution is -2.07. The largest absolute Gasteiger partial charge is 0.496 e. The summed E-state index contributed by atoms with van der Waals surface area (Å²) in [6, 6.07) is 4.43. The number of carbonyl (C=O) groups excluding carboxylic acids is 1. The van der Waals surface area contributed by atoms with E-state index in [0.29, 0.717) is 5.92 Å². The average molecular weight is 347 g/mol. The quantitative estimate of drug-likeness (QED) is 0.352. The Kier molecular flexibility index (Phi) is 9.98. The van der Waals surface area contributed by atoms with Crippen molar-refractivity contribution in [2.24, 2.45) is 0 Å². The zero-order chi connectivity index (χ0) is 18.7. The molecule has 1 aromatic rings. The topological polar surface area (TPSA) is 35.5 Å². The Morgan fingerprint density at radius 3 is 2.24 bits per heavy atom. The Hall–Kier alpha value is -1.77. The van der Waals surface area contributed by atoms with Crippen molar-refractivity contribution in [3.8, 4) is 11.5 Å². The molecule has 0 saturated heterocycles. The van der Waals surface area contributed by atoms with Crippen molar-refractivity contribution in [2.75, 3.05) is 14.2 Å². The van der Waals surface area contributed by atoms with Gasteiger partial charge in [0.15, 0.2) is 0 Å². The van der Waals surface area contributed by atoms with Gasteiger partial charge in [0.25, 0.3) is 0 Å². The van der Waals surface area contributed by atoms with E-state index in [2.05, 4.69) is 32.1 Å². The number of ether oxygens (including phenoxy) is 2. The van der Waals surface area contributed by atoms with Crippen molar-refractivity contribution in [3.63, 3.8) is 0 Å². The lowest BCUT2D eigenvalue weighted by atomic mass is 9.84. The van der Waals surface area contributed by atoms with Gasteiger partial charge in [-0.05, 0) is 63.6 Å². The molecule has 25 heavy (non-hydrogen) atoms. The third kappa shape index (κ3) is 6.56. The van der Waals surface area contributed by atoms with Crippen molar-refractivity contribution in [2.45, 2.75) is 71.6 Å². The second kappa shape index (κ2) is 11.7. The molecule has 0 aromatic heterocycles. The van der Waals surface area contributed by atoms with Gasteiger partial charge in [-0.25, -0.2) is 0 Å². The lowest BCUT2D eigenvalue weighted by molar-refractivity contribution is -0.106. The zero-order valence-corrected chi connectivity index (χ0v) is 16.6. The standard InChI is InChI=1S/C20H30O2.C2H4O/c1-5-6-7-10-16-13-18(21-3)20(19(14-16)22-4)17-11-8-9-15(2)12-17;1-2-3/h12-14,17H,5-11H2,1-4H3;2H,1H3. The molecule has 0 saturated carbocycles. The van der Waals surface area contributed by atoms with E-state index in [1.807, 2.05) is 0 Å². The molecule has 2 rings (SSSR count). The average Bonchev–Trinajstić information content (AvgIpc) is 2.61. The van der Waals surface area contributed by atoms with Gasteiger partial charge < -0.3 is 14.3 Å². The van der Waals surface area contributed by atoms with Gasteiger partial charge in [0.2, 0.25) is 0 Å². The van der Waals surface area contributed by atoms with Crippen LogP contribution < -0.4 is 9.47 Å². The van der Waals surface area contributed by atoms with E-state index >= 15 is 0 Å². The summed E-state index contributed by atoms with van der Waals surface area (Å²) in [5.41, 5.74) is 4.03. The van der Waals surface area contributed by atoms with Crippen LogP contribution in [-0.4, -0.2) is 20.5 Å². The second-order valence-electron chi connectivity index (χ2n) is 6.62. The van der Waals surface area contributed by atoms with Gasteiger partial charge in [0, 0.05) is 11.5 Å². The molecule has 0 bridgehead atoms. The fraction of sp³-hybridized carbons (Fsp3) is 0.591. The molecule has 1 atom stereocenters. The minimum atomic E-state index is 0.420. The number of aryl methyl sites for hydroxylation is 1. The first-order valence-corrected chi connectivity index (χ1v) is 9.43. The molecular weight excluding hydrogens is 312 g/mol. The third-order valence-electron chi connectivity index (χ3n) is 4.62. The second-order valence-corrected chi connectivity index (χ2v) is 6.62. The molecule has 1 aliphatic carbocycles. The minimum absolute atomic E-state index is 0.420. The Balaban J connectivity index is 0.000000970.